The third-order valence-electron chi connectivity index (χ3n) is 4.78. The molecule has 0 atom stereocenters. The van der Waals surface area contributed by atoms with Crippen LogP contribution < -0.4 is 20.3 Å². The van der Waals surface area contributed by atoms with Crippen LogP contribution in [0.2, 0.25) is 0 Å². The molecule has 1 heterocycles. The Labute approximate surface area is 193 Å². The Hall–Kier alpha value is -4.79. The van der Waals surface area contributed by atoms with Gasteiger partial charge < -0.3 is 10.1 Å². The van der Waals surface area contributed by atoms with E-state index in [2.05, 4.69) is 10.6 Å². The van der Waals surface area contributed by atoms with Gasteiger partial charge in [0.25, 0.3) is 17.7 Å². The number of benzene rings is 3. The summed E-state index contributed by atoms with van der Waals surface area (Å²) in [5.41, 5.74) is 0.979. The number of hydrogen-bond donors (Lipinski definition) is 2. The molecule has 1 saturated heterocycles. The van der Waals surface area contributed by atoms with E-state index < -0.39 is 29.6 Å². The van der Waals surface area contributed by atoms with Crippen molar-refractivity contribution < 1.29 is 28.3 Å². The number of imide groups is 2. The van der Waals surface area contributed by atoms with E-state index in [0.29, 0.717) is 22.7 Å². The minimum atomic E-state index is -0.831. The number of carbonyl (C=O) groups is 4. The third kappa shape index (κ3) is 5.16. The van der Waals surface area contributed by atoms with E-state index in [9.17, 15) is 23.6 Å². The van der Waals surface area contributed by atoms with Crippen LogP contribution in [0.3, 0.4) is 0 Å². The first-order valence-corrected chi connectivity index (χ1v) is 10.2. The van der Waals surface area contributed by atoms with Crippen LogP contribution >= 0.6 is 0 Å². The summed E-state index contributed by atoms with van der Waals surface area (Å²) in [4.78, 5) is 50.4. The molecule has 2 N–H and O–H groups in total. The zero-order valence-electron chi connectivity index (χ0n) is 17.7. The van der Waals surface area contributed by atoms with Gasteiger partial charge >= 0.3 is 6.03 Å². The average Bonchev–Trinajstić information content (AvgIpc) is 2.83. The topological polar surface area (TPSA) is 105 Å². The number of ether oxygens (including phenoxy) is 1. The lowest BCUT2D eigenvalue weighted by Gasteiger charge is -2.26. The average molecular weight is 459 g/mol. The van der Waals surface area contributed by atoms with Crippen LogP contribution in [-0.2, 0) is 14.4 Å². The fourth-order valence-corrected chi connectivity index (χ4v) is 3.21. The fourth-order valence-electron chi connectivity index (χ4n) is 3.21. The summed E-state index contributed by atoms with van der Waals surface area (Å²) < 4.78 is 18.5. The zero-order chi connectivity index (χ0) is 24.1. The molecule has 4 rings (SSSR count). The molecule has 0 saturated carbocycles. The quantitative estimate of drug-likeness (QED) is 0.434. The van der Waals surface area contributed by atoms with Crippen LogP contribution in [-0.4, -0.2) is 30.4 Å². The van der Waals surface area contributed by atoms with E-state index >= 15 is 0 Å². The largest absolute Gasteiger partial charge is 0.484 e. The molecule has 0 spiro atoms. The monoisotopic (exact) mass is 459 g/mol. The highest BCUT2D eigenvalue weighted by atomic mass is 19.1. The molecule has 34 heavy (non-hydrogen) atoms. The van der Waals surface area contributed by atoms with Crippen LogP contribution in [0.25, 0.3) is 6.08 Å². The smallest absolute Gasteiger partial charge is 0.335 e. The molecular weight excluding hydrogens is 441 g/mol. The summed E-state index contributed by atoms with van der Waals surface area (Å²) in [6, 6.07) is 19.1. The molecule has 1 aliphatic heterocycles. The molecule has 170 valence electrons. The van der Waals surface area contributed by atoms with Gasteiger partial charge in [0.2, 0.25) is 0 Å². The Balaban J connectivity index is 1.47. The van der Waals surface area contributed by atoms with Gasteiger partial charge in [-0.25, -0.2) is 14.1 Å². The van der Waals surface area contributed by atoms with E-state index in [1.165, 1.54) is 30.3 Å². The van der Waals surface area contributed by atoms with Crippen molar-refractivity contribution in [1.29, 1.82) is 0 Å². The minimum Gasteiger partial charge on any atom is -0.484 e. The van der Waals surface area contributed by atoms with Crippen molar-refractivity contribution >= 4 is 41.2 Å². The van der Waals surface area contributed by atoms with Crippen molar-refractivity contribution in [1.82, 2.24) is 5.32 Å². The molecule has 3 aromatic rings. The molecular formula is C25H18FN3O5. The van der Waals surface area contributed by atoms with E-state index in [1.807, 2.05) is 0 Å². The maximum absolute atomic E-state index is 13.0. The number of rotatable bonds is 6. The lowest BCUT2D eigenvalue weighted by atomic mass is 10.1. The van der Waals surface area contributed by atoms with Gasteiger partial charge in [0.1, 0.15) is 17.1 Å². The standard InChI is InChI=1S/C25H18FN3O5/c26-17-9-11-18(12-10-17)27-22(30)15-34-20-8-4-5-16(13-20)14-21-23(31)28-25(33)29(24(21)32)19-6-2-1-3-7-19/h1-14H,15H2,(H,27,30)(H,28,31,33). The second-order valence-corrected chi connectivity index (χ2v) is 7.21. The van der Waals surface area contributed by atoms with Crippen LogP contribution in [0.5, 0.6) is 5.75 Å². The van der Waals surface area contributed by atoms with Crippen LogP contribution in [0, 0.1) is 5.82 Å². The van der Waals surface area contributed by atoms with E-state index in [0.717, 1.165) is 4.90 Å². The Morgan fingerprint density at radius 3 is 2.44 bits per heavy atom. The van der Waals surface area contributed by atoms with Crippen molar-refractivity contribution in [2.24, 2.45) is 0 Å². The van der Waals surface area contributed by atoms with Crippen molar-refractivity contribution in [3.63, 3.8) is 0 Å². The highest BCUT2D eigenvalue weighted by Crippen LogP contribution is 2.23. The van der Waals surface area contributed by atoms with Crippen molar-refractivity contribution in [2.45, 2.75) is 0 Å². The number of carbonyl (C=O) groups excluding carboxylic acids is 4. The number of para-hydroxylation sites is 1. The normalized spacial score (nSPS) is 14.7. The summed E-state index contributed by atoms with van der Waals surface area (Å²) >= 11 is 0. The molecule has 8 nitrogen and oxygen atoms in total. The number of nitrogens with zero attached hydrogens (tertiary/aromatic N) is 1. The van der Waals surface area contributed by atoms with E-state index in [4.69, 9.17) is 4.74 Å². The second kappa shape index (κ2) is 9.78. The van der Waals surface area contributed by atoms with Gasteiger partial charge in [0, 0.05) is 5.69 Å². The molecule has 0 aromatic heterocycles. The molecule has 0 unspecified atom stereocenters. The molecule has 0 radical (unpaired) electrons. The van der Waals surface area contributed by atoms with Gasteiger partial charge in [0.15, 0.2) is 6.61 Å². The fraction of sp³-hybridized carbons (Fsp3) is 0.0400. The van der Waals surface area contributed by atoms with Gasteiger partial charge in [0.05, 0.1) is 5.69 Å². The summed E-state index contributed by atoms with van der Waals surface area (Å²) in [6.07, 6.45) is 1.34. The zero-order valence-corrected chi connectivity index (χ0v) is 17.7. The number of halogens is 1. The minimum absolute atomic E-state index is 0.227. The van der Waals surface area contributed by atoms with E-state index in [-0.39, 0.29) is 12.2 Å². The number of urea groups is 1. The summed E-state index contributed by atoms with van der Waals surface area (Å²) in [7, 11) is 0. The third-order valence-corrected chi connectivity index (χ3v) is 4.78. The SMILES string of the molecule is O=C(COc1cccc(C=C2C(=O)NC(=O)N(c3ccccc3)C2=O)c1)Nc1ccc(F)cc1. The van der Waals surface area contributed by atoms with Crippen LogP contribution in [0.4, 0.5) is 20.6 Å². The lowest BCUT2D eigenvalue weighted by molar-refractivity contribution is -0.122. The highest BCUT2D eigenvalue weighted by molar-refractivity contribution is 6.39. The van der Waals surface area contributed by atoms with Gasteiger partial charge in [-0.15, -0.1) is 0 Å². The van der Waals surface area contributed by atoms with Gasteiger partial charge in [-0.2, -0.15) is 0 Å². The van der Waals surface area contributed by atoms with Gasteiger partial charge in [-0.1, -0.05) is 30.3 Å². The summed E-state index contributed by atoms with van der Waals surface area (Å²) in [5.74, 6) is -2.11. The predicted octanol–water partition coefficient (Wildman–Crippen LogP) is 3.51. The highest BCUT2D eigenvalue weighted by Gasteiger charge is 2.36. The molecule has 1 aliphatic rings. The summed E-state index contributed by atoms with van der Waals surface area (Å²) in [6.45, 7) is -0.312. The maximum Gasteiger partial charge on any atom is 0.335 e. The number of hydrogen-bond acceptors (Lipinski definition) is 5. The van der Waals surface area contributed by atoms with E-state index in [1.54, 1.807) is 54.6 Å². The molecule has 9 heteroatoms. The Morgan fingerprint density at radius 2 is 1.71 bits per heavy atom. The van der Waals surface area contributed by atoms with Crippen molar-refractivity contribution in [2.75, 3.05) is 16.8 Å². The maximum atomic E-state index is 13.0. The number of amides is 5. The first-order valence-electron chi connectivity index (χ1n) is 10.2. The summed E-state index contributed by atoms with van der Waals surface area (Å²) in [5, 5.41) is 4.74. The molecule has 1 fully saturated rings. The number of anilines is 2. The van der Waals surface area contributed by atoms with Crippen molar-refractivity contribution in [3.8, 4) is 5.75 Å². The van der Waals surface area contributed by atoms with Crippen molar-refractivity contribution in [3.05, 3.63) is 95.8 Å². The molecule has 0 bridgehead atoms. The van der Waals surface area contributed by atoms with Crippen LogP contribution in [0.15, 0.2) is 84.4 Å². The molecule has 0 aliphatic carbocycles. The number of nitrogens with one attached hydrogen (secondary N) is 2. The molecule has 3 aromatic carbocycles. The van der Waals surface area contributed by atoms with Gasteiger partial charge in [-0.3, -0.25) is 19.7 Å². The van der Waals surface area contributed by atoms with Gasteiger partial charge in [-0.05, 0) is 60.2 Å². The lowest BCUT2D eigenvalue weighted by Crippen LogP contribution is -2.54. The first kappa shape index (κ1) is 22.4. The first-order chi connectivity index (χ1) is 16.4. The second-order valence-electron chi connectivity index (χ2n) is 7.21. The Kier molecular flexibility index (Phi) is 6.45. The Bertz CT molecular complexity index is 1290. The Morgan fingerprint density at radius 1 is 0.971 bits per heavy atom. The predicted molar refractivity (Wildman–Crippen MR) is 122 cm³/mol. The number of barbiturate groups is 1. The van der Waals surface area contributed by atoms with Crippen LogP contribution in [0.1, 0.15) is 5.56 Å². The molecule has 5 amide bonds.